The van der Waals surface area contributed by atoms with E-state index in [9.17, 15) is 4.79 Å². The van der Waals surface area contributed by atoms with Crippen molar-refractivity contribution in [2.45, 2.75) is 45.2 Å². The Labute approximate surface area is 138 Å². The summed E-state index contributed by atoms with van der Waals surface area (Å²) < 4.78 is 0. The van der Waals surface area contributed by atoms with Gasteiger partial charge in [0.05, 0.1) is 11.7 Å². The Balaban J connectivity index is 1.84. The fraction of sp³-hybridized carbons (Fsp3) is 0.400. The molecule has 0 radical (unpaired) electrons. The lowest BCUT2D eigenvalue weighted by molar-refractivity contribution is -0.138. The van der Waals surface area contributed by atoms with Crippen molar-refractivity contribution in [2.24, 2.45) is 5.92 Å². The Kier molecular flexibility index (Phi) is 5.06. The zero-order chi connectivity index (χ0) is 16.1. The van der Waals surface area contributed by atoms with Crippen molar-refractivity contribution in [2.75, 3.05) is 0 Å². The second kappa shape index (κ2) is 7.40. The molecule has 0 unspecified atom stereocenters. The number of nitrogens with zero attached hydrogens (tertiary/aromatic N) is 2. The molecule has 0 saturated heterocycles. The average molecular weight is 308 g/mol. The summed E-state index contributed by atoms with van der Waals surface area (Å²) in [5.74, 6) is 0.467. The lowest BCUT2D eigenvalue weighted by Crippen LogP contribution is -2.37. The molecule has 1 fully saturated rings. The van der Waals surface area contributed by atoms with Gasteiger partial charge in [0.25, 0.3) is 0 Å². The van der Waals surface area contributed by atoms with E-state index in [4.69, 9.17) is 0 Å². The van der Waals surface area contributed by atoms with Crippen LogP contribution in [-0.2, 0) is 11.3 Å². The number of carbonyl (C=O) groups excluding carboxylic acids is 1. The van der Waals surface area contributed by atoms with Crippen molar-refractivity contribution in [3.63, 3.8) is 0 Å². The van der Waals surface area contributed by atoms with Crippen molar-refractivity contribution in [3.8, 4) is 0 Å². The van der Waals surface area contributed by atoms with Crippen molar-refractivity contribution in [1.29, 1.82) is 0 Å². The lowest BCUT2D eigenvalue weighted by atomic mass is 10.0. The minimum atomic E-state index is -0.00972. The molecule has 0 spiro atoms. The number of pyridine rings is 1. The van der Waals surface area contributed by atoms with Crippen LogP contribution < -0.4 is 0 Å². The maximum Gasteiger partial charge on any atom is 0.226 e. The smallest absolute Gasteiger partial charge is 0.226 e. The number of hydrogen-bond acceptors (Lipinski definition) is 2. The molecule has 3 nitrogen and oxygen atoms in total. The molecule has 2 aromatic rings. The summed E-state index contributed by atoms with van der Waals surface area (Å²) in [7, 11) is 0. The van der Waals surface area contributed by atoms with E-state index in [2.05, 4.69) is 24.0 Å². The number of benzene rings is 1. The van der Waals surface area contributed by atoms with Gasteiger partial charge < -0.3 is 4.90 Å². The molecular weight excluding hydrogens is 284 g/mol. The van der Waals surface area contributed by atoms with Gasteiger partial charge in [-0.2, -0.15) is 0 Å². The van der Waals surface area contributed by atoms with E-state index in [1.807, 2.05) is 41.3 Å². The summed E-state index contributed by atoms with van der Waals surface area (Å²) in [6, 6.07) is 16.1. The average Bonchev–Trinajstić information content (AvgIpc) is 3.15. The van der Waals surface area contributed by atoms with E-state index in [0.29, 0.717) is 6.54 Å². The first kappa shape index (κ1) is 15.7. The summed E-state index contributed by atoms with van der Waals surface area (Å²) in [5.41, 5.74) is 2.12. The molecule has 1 aliphatic carbocycles. The van der Waals surface area contributed by atoms with Gasteiger partial charge in [0.15, 0.2) is 0 Å². The topological polar surface area (TPSA) is 33.2 Å². The van der Waals surface area contributed by atoms with Crippen molar-refractivity contribution in [1.82, 2.24) is 9.88 Å². The quantitative estimate of drug-likeness (QED) is 0.822. The largest absolute Gasteiger partial charge is 0.330 e. The van der Waals surface area contributed by atoms with Crippen LogP contribution in [0.2, 0.25) is 0 Å². The van der Waals surface area contributed by atoms with Gasteiger partial charge in [-0.1, -0.05) is 49.2 Å². The first-order valence-corrected chi connectivity index (χ1v) is 8.51. The second-order valence-corrected chi connectivity index (χ2v) is 6.36. The van der Waals surface area contributed by atoms with E-state index in [-0.39, 0.29) is 17.9 Å². The van der Waals surface area contributed by atoms with E-state index in [0.717, 1.165) is 18.5 Å². The molecule has 1 saturated carbocycles. The Hall–Kier alpha value is -2.16. The normalized spacial score (nSPS) is 16.2. The van der Waals surface area contributed by atoms with Crippen molar-refractivity contribution in [3.05, 3.63) is 66.0 Å². The highest BCUT2D eigenvalue weighted by molar-refractivity contribution is 5.79. The minimum Gasteiger partial charge on any atom is -0.330 e. The second-order valence-electron chi connectivity index (χ2n) is 6.36. The maximum atomic E-state index is 13.1. The monoisotopic (exact) mass is 308 g/mol. The standard InChI is InChI=1S/C20H24N2O/c1-16(19-13-7-8-14-21-19)22(15-17-9-3-2-4-10-17)20(23)18-11-5-6-12-18/h2-4,7-10,13-14,16,18H,5-6,11-12,15H2,1H3/t16-/m1/s1. The third-order valence-electron chi connectivity index (χ3n) is 4.77. The fourth-order valence-electron chi connectivity index (χ4n) is 3.38. The molecule has 120 valence electrons. The van der Waals surface area contributed by atoms with Gasteiger partial charge in [0, 0.05) is 18.7 Å². The Morgan fingerprint density at radius 2 is 1.83 bits per heavy atom. The summed E-state index contributed by atoms with van der Waals surface area (Å²) in [6.45, 7) is 2.73. The van der Waals surface area contributed by atoms with Crippen LogP contribution in [0.25, 0.3) is 0 Å². The lowest BCUT2D eigenvalue weighted by Gasteiger charge is -2.31. The third-order valence-corrected chi connectivity index (χ3v) is 4.77. The van der Waals surface area contributed by atoms with Gasteiger partial charge >= 0.3 is 0 Å². The predicted octanol–water partition coefficient (Wildman–Crippen LogP) is 4.36. The SMILES string of the molecule is C[C@H](c1ccccn1)N(Cc1ccccc1)C(=O)C1CCCC1. The first-order valence-electron chi connectivity index (χ1n) is 8.51. The van der Waals surface area contributed by atoms with Gasteiger partial charge in [-0.25, -0.2) is 0 Å². The van der Waals surface area contributed by atoms with Gasteiger partial charge in [0.2, 0.25) is 5.91 Å². The Bertz CT molecular complexity index is 621. The summed E-state index contributed by atoms with van der Waals surface area (Å²) >= 11 is 0. The van der Waals surface area contributed by atoms with Crippen LogP contribution in [0.4, 0.5) is 0 Å². The zero-order valence-corrected chi connectivity index (χ0v) is 13.7. The molecule has 23 heavy (non-hydrogen) atoms. The van der Waals surface area contributed by atoms with Crippen LogP contribution in [0, 0.1) is 5.92 Å². The highest BCUT2D eigenvalue weighted by Crippen LogP contribution is 2.30. The van der Waals surface area contributed by atoms with E-state index < -0.39 is 0 Å². The van der Waals surface area contributed by atoms with Gasteiger partial charge in [-0.15, -0.1) is 0 Å². The molecule has 1 amide bonds. The van der Waals surface area contributed by atoms with E-state index in [1.54, 1.807) is 6.20 Å². The highest BCUT2D eigenvalue weighted by Gasteiger charge is 2.30. The number of carbonyl (C=O) groups is 1. The molecule has 0 N–H and O–H groups in total. The molecule has 1 atom stereocenters. The molecule has 1 heterocycles. The Morgan fingerprint density at radius 3 is 2.48 bits per heavy atom. The summed E-state index contributed by atoms with van der Waals surface area (Å²) in [5, 5.41) is 0. The first-order chi connectivity index (χ1) is 11.3. The Morgan fingerprint density at radius 1 is 1.13 bits per heavy atom. The maximum absolute atomic E-state index is 13.1. The van der Waals surface area contributed by atoms with Crippen LogP contribution >= 0.6 is 0 Å². The predicted molar refractivity (Wildman–Crippen MR) is 91.6 cm³/mol. The molecule has 1 aliphatic rings. The molecular formula is C20H24N2O. The van der Waals surface area contributed by atoms with Gasteiger partial charge in [0.1, 0.15) is 0 Å². The third kappa shape index (κ3) is 3.79. The molecule has 3 heteroatoms. The van der Waals surface area contributed by atoms with E-state index >= 15 is 0 Å². The molecule has 1 aromatic heterocycles. The van der Waals surface area contributed by atoms with Crippen LogP contribution in [-0.4, -0.2) is 15.8 Å². The summed E-state index contributed by atoms with van der Waals surface area (Å²) in [6.07, 6.45) is 6.20. The fourth-order valence-corrected chi connectivity index (χ4v) is 3.38. The highest BCUT2D eigenvalue weighted by atomic mass is 16.2. The number of amides is 1. The minimum absolute atomic E-state index is 0.00972. The molecule has 0 aliphatic heterocycles. The van der Waals surface area contributed by atoms with E-state index in [1.165, 1.54) is 18.4 Å². The van der Waals surface area contributed by atoms with Crippen LogP contribution in [0.1, 0.15) is 49.9 Å². The van der Waals surface area contributed by atoms with Crippen LogP contribution in [0.3, 0.4) is 0 Å². The van der Waals surface area contributed by atoms with Crippen LogP contribution in [0.15, 0.2) is 54.7 Å². The molecule has 3 rings (SSSR count). The number of aromatic nitrogens is 1. The number of hydrogen-bond donors (Lipinski definition) is 0. The van der Waals surface area contributed by atoms with Gasteiger partial charge in [-0.05, 0) is 37.5 Å². The van der Waals surface area contributed by atoms with Crippen LogP contribution in [0.5, 0.6) is 0 Å². The molecule has 1 aromatic carbocycles. The van der Waals surface area contributed by atoms with Gasteiger partial charge in [-0.3, -0.25) is 9.78 Å². The van der Waals surface area contributed by atoms with Crippen molar-refractivity contribution < 1.29 is 4.79 Å². The zero-order valence-electron chi connectivity index (χ0n) is 13.7. The molecule has 0 bridgehead atoms. The van der Waals surface area contributed by atoms with Crippen molar-refractivity contribution >= 4 is 5.91 Å². The number of rotatable bonds is 5. The summed E-state index contributed by atoms with van der Waals surface area (Å²) in [4.78, 5) is 19.5.